The van der Waals surface area contributed by atoms with Crippen molar-refractivity contribution in [2.24, 2.45) is 5.92 Å². The molecule has 18 heavy (non-hydrogen) atoms. The number of hydrogen-bond donors (Lipinski definition) is 1. The van der Waals surface area contributed by atoms with Crippen LogP contribution in [-0.4, -0.2) is 13.2 Å². The number of rotatable bonds is 7. The first kappa shape index (κ1) is 13.4. The minimum absolute atomic E-state index is 0.805. The predicted octanol–water partition coefficient (Wildman–Crippen LogP) is 3.76. The molecule has 0 radical (unpaired) electrons. The normalized spacial score (nSPS) is 16.1. The zero-order valence-electron chi connectivity index (χ0n) is 11.5. The van der Waals surface area contributed by atoms with Gasteiger partial charge in [0.05, 0.1) is 6.61 Å². The van der Waals surface area contributed by atoms with Crippen LogP contribution >= 0.6 is 0 Å². The number of hydrogen-bond acceptors (Lipinski definition) is 2. The Kier molecular flexibility index (Phi) is 5.53. The van der Waals surface area contributed by atoms with Crippen LogP contribution in [-0.2, 0) is 6.54 Å². The number of benzene rings is 1. The van der Waals surface area contributed by atoms with E-state index in [1.165, 1.54) is 37.8 Å². The Morgan fingerprint density at radius 3 is 2.89 bits per heavy atom. The molecule has 0 bridgehead atoms. The molecule has 1 aromatic rings. The lowest BCUT2D eigenvalue weighted by Crippen LogP contribution is -2.20. The summed E-state index contributed by atoms with van der Waals surface area (Å²) >= 11 is 0. The van der Waals surface area contributed by atoms with Gasteiger partial charge in [-0.15, -0.1) is 0 Å². The summed E-state index contributed by atoms with van der Waals surface area (Å²) in [7, 11) is 0. The summed E-state index contributed by atoms with van der Waals surface area (Å²) in [5.74, 6) is 1.90. The molecular formula is C16H25NO. The van der Waals surface area contributed by atoms with E-state index < -0.39 is 0 Å². The average molecular weight is 247 g/mol. The Balaban J connectivity index is 1.74. The Hall–Kier alpha value is -1.02. The van der Waals surface area contributed by atoms with E-state index in [0.717, 1.165) is 31.2 Å². The molecule has 0 atom stereocenters. The highest BCUT2D eigenvalue weighted by Crippen LogP contribution is 2.23. The van der Waals surface area contributed by atoms with Gasteiger partial charge in [-0.2, -0.15) is 0 Å². The third kappa shape index (κ3) is 4.34. The zero-order valence-corrected chi connectivity index (χ0v) is 11.5. The van der Waals surface area contributed by atoms with Crippen LogP contribution in [0.1, 0.15) is 44.6 Å². The molecule has 2 nitrogen and oxygen atoms in total. The maximum absolute atomic E-state index is 5.65. The average Bonchev–Trinajstić information content (AvgIpc) is 2.90. The van der Waals surface area contributed by atoms with Crippen molar-refractivity contribution in [3.05, 3.63) is 29.8 Å². The summed E-state index contributed by atoms with van der Waals surface area (Å²) < 4.78 is 5.65. The van der Waals surface area contributed by atoms with Gasteiger partial charge in [-0.05, 0) is 49.4 Å². The molecule has 0 aliphatic heterocycles. The van der Waals surface area contributed by atoms with Crippen molar-refractivity contribution in [1.82, 2.24) is 5.32 Å². The lowest BCUT2D eigenvalue weighted by atomic mass is 10.1. The van der Waals surface area contributed by atoms with E-state index >= 15 is 0 Å². The standard InChI is InChI=1S/C16H25NO/c1-2-10-18-16-9-5-8-15(11-16)13-17-12-14-6-3-4-7-14/h5,8-9,11,14,17H,2-4,6-7,10,12-13H2,1H3. The molecule has 0 aromatic heterocycles. The van der Waals surface area contributed by atoms with Gasteiger partial charge in [0.15, 0.2) is 0 Å². The van der Waals surface area contributed by atoms with Crippen LogP contribution < -0.4 is 10.1 Å². The highest BCUT2D eigenvalue weighted by atomic mass is 16.5. The van der Waals surface area contributed by atoms with Crippen LogP contribution in [0.5, 0.6) is 5.75 Å². The van der Waals surface area contributed by atoms with Crippen LogP contribution in [0.2, 0.25) is 0 Å². The molecule has 1 aliphatic rings. The van der Waals surface area contributed by atoms with Crippen molar-refractivity contribution >= 4 is 0 Å². The van der Waals surface area contributed by atoms with Crippen molar-refractivity contribution in [2.75, 3.05) is 13.2 Å². The third-order valence-electron chi connectivity index (χ3n) is 3.61. The Labute approximate surface area is 111 Å². The molecule has 1 aliphatic carbocycles. The minimum Gasteiger partial charge on any atom is -0.494 e. The van der Waals surface area contributed by atoms with E-state index in [9.17, 15) is 0 Å². The van der Waals surface area contributed by atoms with Gasteiger partial charge in [0, 0.05) is 6.54 Å². The van der Waals surface area contributed by atoms with Crippen molar-refractivity contribution in [3.8, 4) is 5.75 Å². The minimum atomic E-state index is 0.805. The first-order chi connectivity index (χ1) is 8.88. The fraction of sp³-hybridized carbons (Fsp3) is 0.625. The Morgan fingerprint density at radius 1 is 1.28 bits per heavy atom. The molecule has 2 rings (SSSR count). The summed E-state index contributed by atoms with van der Waals surface area (Å²) in [4.78, 5) is 0. The molecular weight excluding hydrogens is 222 g/mol. The summed E-state index contributed by atoms with van der Waals surface area (Å²) in [5.41, 5.74) is 1.32. The van der Waals surface area contributed by atoms with Gasteiger partial charge in [0.1, 0.15) is 5.75 Å². The van der Waals surface area contributed by atoms with Gasteiger partial charge >= 0.3 is 0 Å². The maximum Gasteiger partial charge on any atom is 0.119 e. The predicted molar refractivity (Wildman–Crippen MR) is 75.9 cm³/mol. The molecule has 0 heterocycles. The molecule has 1 saturated carbocycles. The monoisotopic (exact) mass is 247 g/mol. The first-order valence-corrected chi connectivity index (χ1v) is 7.31. The summed E-state index contributed by atoms with van der Waals surface area (Å²) in [6, 6.07) is 8.44. The van der Waals surface area contributed by atoms with Crippen LogP contribution in [0, 0.1) is 5.92 Å². The van der Waals surface area contributed by atoms with Gasteiger partial charge < -0.3 is 10.1 Å². The fourth-order valence-corrected chi connectivity index (χ4v) is 2.60. The zero-order chi connectivity index (χ0) is 12.6. The van der Waals surface area contributed by atoms with Crippen LogP contribution in [0.4, 0.5) is 0 Å². The SMILES string of the molecule is CCCOc1cccc(CNCC2CCCC2)c1. The molecule has 100 valence electrons. The van der Waals surface area contributed by atoms with Gasteiger partial charge in [-0.1, -0.05) is 31.9 Å². The van der Waals surface area contributed by atoms with E-state index in [1.807, 2.05) is 6.07 Å². The second kappa shape index (κ2) is 7.42. The topological polar surface area (TPSA) is 21.3 Å². The van der Waals surface area contributed by atoms with E-state index in [0.29, 0.717) is 0 Å². The van der Waals surface area contributed by atoms with E-state index in [4.69, 9.17) is 4.74 Å². The summed E-state index contributed by atoms with van der Waals surface area (Å²) in [6.07, 6.45) is 6.73. The number of nitrogens with one attached hydrogen (secondary N) is 1. The molecule has 1 aromatic carbocycles. The lowest BCUT2D eigenvalue weighted by Gasteiger charge is -2.11. The Bertz CT molecular complexity index is 345. The summed E-state index contributed by atoms with van der Waals surface area (Å²) in [5, 5.41) is 3.57. The molecule has 0 spiro atoms. The van der Waals surface area contributed by atoms with Crippen LogP contribution in [0.25, 0.3) is 0 Å². The second-order valence-electron chi connectivity index (χ2n) is 5.28. The molecule has 2 heteroatoms. The highest BCUT2D eigenvalue weighted by molar-refractivity contribution is 5.28. The van der Waals surface area contributed by atoms with Gasteiger partial charge in [0.2, 0.25) is 0 Å². The van der Waals surface area contributed by atoms with E-state index in [1.54, 1.807) is 0 Å². The molecule has 0 amide bonds. The quantitative estimate of drug-likeness (QED) is 0.792. The van der Waals surface area contributed by atoms with E-state index in [2.05, 4.69) is 30.4 Å². The fourth-order valence-electron chi connectivity index (χ4n) is 2.60. The first-order valence-electron chi connectivity index (χ1n) is 7.31. The van der Waals surface area contributed by atoms with Gasteiger partial charge in [0.25, 0.3) is 0 Å². The molecule has 0 unspecified atom stereocenters. The molecule has 1 N–H and O–H groups in total. The lowest BCUT2D eigenvalue weighted by molar-refractivity contribution is 0.317. The molecule has 1 fully saturated rings. The van der Waals surface area contributed by atoms with Crippen LogP contribution in [0.3, 0.4) is 0 Å². The van der Waals surface area contributed by atoms with Gasteiger partial charge in [-0.3, -0.25) is 0 Å². The third-order valence-corrected chi connectivity index (χ3v) is 3.61. The maximum atomic E-state index is 5.65. The van der Waals surface area contributed by atoms with Crippen molar-refractivity contribution in [1.29, 1.82) is 0 Å². The summed E-state index contributed by atoms with van der Waals surface area (Å²) in [6.45, 7) is 5.06. The molecule has 0 saturated heterocycles. The largest absolute Gasteiger partial charge is 0.494 e. The Morgan fingerprint density at radius 2 is 2.11 bits per heavy atom. The smallest absolute Gasteiger partial charge is 0.119 e. The van der Waals surface area contributed by atoms with Crippen molar-refractivity contribution < 1.29 is 4.74 Å². The second-order valence-corrected chi connectivity index (χ2v) is 5.28. The van der Waals surface area contributed by atoms with Crippen molar-refractivity contribution in [3.63, 3.8) is 0 Å². The van der Waals surface area contributed by atoms with Gasteiger partial charge in [-0.25, -0.2) is 0 Å². The highest BCUT2D eigenvalue weighted by Gasteiger charge is 2.13. The number of ether oxygens (including phenoxy) is 1. The van der Waals surface area contributed by atoms with E-state index in [-0.39, 0.29) is 0 Å². The van der Waals surface area contributed by atoms with Crippen molar-refractivity contribution in [2.45, 2.75) is 45.6 Å². The van der Waals surface area contributed by atoms with Crippen LogP contribution in [0.15, 0.2) is 24.3 Å².